The molecule has 1 amide bonds. The first kappa shape index (κ1) is 20.8. The zero-order chi connectivity index (χ0) is 21.6. The normalized spacial score (nSPS) is 21.3. The molecule has 0 unspecified atom stereocenters. The Morgan fingerprint density at radius 2 is 1.77 bits per heavy atom. The van der Waals surface area contributed by atoms with Gasteiger partial charge in [0.25, 0.3) is 0 Å². The zero-order valence-corrected chi connectivity index (χ0v) is 17.7. The van der Waals surface area contributed by atoms with E-state index in [0.29, 0.717) is 36.8 Å². The Morgan fingerprint density at radius 3 is 2.45 bits per heavy atom. The van der Waals surface area contributed by atoms with Crippen molar-refractivity contribution in [3.8, 4) is 0 Å². The highest BCUT2D eigenvalue weighted by Crippen LogP contribution is 2.33. The standard InChI is InChI=1S/C23H29F3N4O/c24-23(25,26)16-30-20-7-2-1-6-18(20)19-8-9-27(14-21(19)30)15-22(31)29-12-10-28(11-13-29)17-4-3-5-17/h1-2,6-7,17H,3-5,8-16H2. The van der Waals surface area contributed by atoms with Crippen molar-refractivity contribution >= 4 is 16.8 Å². The maximum Gasteiger partial charge on any atom is 0.406 e. The van der Waals surface area contributed by atoms with Crippen LogP contribution in [0.4, 0.5) is 13.2 Å². The quantitative estimate of drug-likeness (QED) is 0.741. The third kappa shape index (κ3) is 4.20. The topological polar surface area (TPSA) is 31.7 Å². The molecule has 3 aliphatic rings. The molecule has 1 aromatic carbocycles. The van der Waals surface area contributed by atoms with Crippen LogP contribution in [-0.2, 0) is 24.3 Å². The Bertz CT molecular complexity index is 958. The molecular weight excluding hydrogens is 405 g/mol. The molecule has 0 spiro atoms. The molecule has 168 valence electrons. The maximum absolute atomic E-state index is 13.3. The summed E-state index contributed by atoms with van der Waals surface area (Å²) in [6.07, 6.45) is 0.245. The van der Waals surface area contributed by atoms with E-state index in [1.165, 1.54) is 23.8 Å². The highest BCUT2D eigenvalue weighted by molar-refractivity contribution is 5.86. The molecule has 2 aromatic rings. The van der Waals surface area contributed by atoms with Crippen LogP contribution in [0.5, 0.6) is 0 Å². The Balaban J connectivity index is 1.27. The second-order valence-electron chi connectivity index (χ2n) is 9.11. The van der Waals surface area contributed by atoms with E-state index in [1.807, 2.05) is 21.9 Å². The molecule has 1 aliphatic carbocycles. The van der Waals surface area contributed by atoms with Crippen LogP contribution in [0.15, 0.2) is 24.3 Å². The van der Waals surface area contributed by atoms with Crippen LogP contribution in [0.2, 0.25) is 0 Å². The monoisotopic (exact) mass is 434 g/mol. The number of fused-ring (bicyclic) bond motifs is 3. The number of para-hydroxylation sites is 1. The van der Waals surface area contributed by atoms with Gasteiger partial charge in [-0.2, -0.15) is 13.2 Å². The molecule has 2 aliphatic heterocycles. The lowest BCUT2D eigenvalue weighted by Gasteiger charge is -2.43. The number of hydrogen-bond donors (Lipinski definition) is 0. The first-order chi connectivity index (χ1) is 14.9. The Labute approximate surface area is 180 Å². The average Bonchev–Trinajstić information content (AvgIpc) is 2.99. The Hall–Kier alpha value is -2.06. The van der Waals surface area contributed by atoms with Crippen LogP contribution >= 0.6 is 0 Å². The fourth-order valence-corrected chi connectivity index (χ4v) is 5.32. The minimum atomic E-state index is -4.28. The van der Waals surface area contributed by atoms with Gasteiger partial charge in [-0.3, -0.25) is 14.6 Å². The molecular formula is C23H29F3N4O. The van der Waals surface area contributed by atoms with Gasteiger partial charge >= 0.3 is 6.18 Å². The lowest BCUT2D eigenvalue weighted by Crippen LogP contribution is -2.55. The number of hydrogen-bond acceptors (Lipinski definition) is 3. The second-order valence-corrected chi connectivity index (χ2v) is 9.11. The molecule has 1 saturated carbocycles. The molecule has 3 heterocycles. The summed E-state index contributed by atoms with van der Waals surface area (Å²) >= 11 is 0. The smallest absolute Gasteiger partial charge is 0.339 e. The number of amides is 1. The number of nitrogens with zero attached hydrogens (tertiary/aromatic N) is 4. The van der Waals surface area contributed by atoms with Gasteiger partial charge in [-0.05, 0) is 30.9 Å². The van der Waals surface area contributed by atoms with Crippen molar-refractivity contribution in [2.45, 2.75) is 51.0 Å². The Morgan fingerprint density at radius 1 is 1.03 bits per heavy atom. The van der Waals surface area contributed by atoms with Gasteiger partial charge in [0.2, 0.25) is 5.91 Å². The van der Waals surface area contributed by atoms with Gasteiger partial charge in [-0.15, -0.1) is 0 Å². The lowest BCUT2D eigenvalue weighted by molar-refractivity contribution is -0.141. The van der Waals surface area contributed by atoms with Crippen LogP contribution < -0.4 is 0 Å². The van der Waals surface area contributed by atoms with E-state index < -0.39 is 12.7 Å². The van der Waals surface area contributed by atoms with Crippen molar-refractivity contribution < 1.29 is 18.0 Å². The van der Waals surface area contributed by atoms with Crippen molar-refractivity contribution in [1.29, 1.82) is 0 Å². The van der Waals surface area contributed by atoms with E-state index in [-0.39, 0.29) is 12.5 Å². The molecule has 0 radical (unpaired) electrons. The van der Waals surface area contributed by atoms with Crippen LogP contribution in [0.1, 0.15) is 30.5 Å². The highest BCUT2D eigenvalue weighted by Gasteiger charge is 2.34. The number of halogens is 3. The van der Waals surface area contributed by atoms with Crippen molar-refractivity contribution in [3.63, 3.8) is 0 Å². The third-order valence-electron chi connectivity index (χ3n) is 7.20. The number of benzene rings is 1. The zero-order valence-electron chi connectivity index (χ0n) is 17.7. The van der Waals surface area contributed by atoms with Gasteiger partial charge in [0.1, 0.15) is 6.54 Å². The van der Waals surface area contributed by atoms with Gasteiger partial charge in [-0.25, -0.2) is 0 Å². The molecule has 5 nitrogen and oxygen atoms in total. The SMILES string of the molecule is O=C(CN1CCc2c(n(CC(F)(F)F)c3ccccc23)C1)N1CCN(C2CCC2)CC1. The first-order valence-corrected chi connectivity index (χ1v) is 11.3. The summed E-state index contributed by atoms with van der Waals surface area (Å²) in [4.78, 5) is 19.3. The first-order valence-electron chi connectivity index (χ1n) is 11.3. The minimum Gasteiger partial charge on any atom is -0.339 e. The number of piperazine rings is 1. The second kappa shape index (κ2) is 8.13. The van der Waals surface area contributed by atoms with E-state index in [4.69, 9.17) is 0 Å². The summed E-state index contributed by atoms with van der Waals surface area (Å²) in [7, 11) is 0. The fraction of sp³-hybridized carbons (Fsp3) is 0.609. The predicted molar refractivity (Wildman–Crippen MR) is 113 cm³/mol. The van der Waals surface area contributed by atoms with Gasteiger partial charge in [0.05, 0.1) is 6.54 Å². The minimum absolute atomic E-state index is 0.0928. The largest absolute Gasteiger partial charge is 0.406 e. The number of alkyl halides is 3. The fourth-order valence-electron chi connectivity index (χ4n) is 5.32. The van der Waals surface area contributed by atoms with E-state index >= 15 is 0 Å². The highest BCUT2D eigenvalue weighted by atomic mass is 19.4. The van der Waals surface area contributed by atoms with Gasteiger partial charge in [0.15, 0.2) is 0 Å². The van der Waals surface area contributed by atoms with Crippen LogP contribution in [0.3, 0.4) is 0 Å². The van der Waals surface area contributed by atoms with Crippen LogP contribution in [-0.4, -0.2) is 76.7 Å². The molecule has 1 aromatic heterocycles. The van der Waals surface area contributed by atoms with E-state index in [2.05, 4.69) is 4.90 Å². The predicted octanol–water partition coefficient (Wildman–Crippen LogP) is 3.26. The molecule has 1 saturated heterocycles. The van der Waals surface area contributed by atoms with Crippen LogP contribution in [0.25, 0.3) is 10.9 Å². The summed E-state index contributed by atoms with van der Waals surface area (Å²) < 4.78 is 41.3. The van der Waals surface area contributed by atoms with Crippen LogP contribution in [0, 0.1) is 0 Å². The summed E-state index contributed by atoms with van der Waals surface area (Å²) in [6, 6.07) is 8.03. The van der Waals surface area contributed by atoms with Crippen molar-refractivity contribution in [1.82, 2.24) is 19.3 Å². The van der Waals surface area contributed by atoms with Crippen molar-refractivity contribution in [2.75, 3.05) is 39.3 Å². The summed E-state index contributed by atoms with van der Waals surface area (Å²) in [5.74, 6) is 0.0928. The maximum atomic E-state index is 13.3. The van der Waals surface area contributed by atoms with Gasteiger partial charge < -0.3 is 9.47 Å². The molecule has 8 heteroatoms. The molecule has 0 N–H and O–H groups in total. The number of carbonyl (C=O) groups excluding carboxylic acids is 1. The van der Waals surface area contributed by atoms with E-state index in [9.17, 15) is 18.0 Å². The molecule has 0 bridgehead atoms. The van der Waals surface area contributed by atoms with E-state index in [0.717, 1.165) is 37.1 Å². The van der Waals surface area contributed by atoms with E-state index in [1.54, 1.807) is 12.1 Å². The summed E-state index contributed by atoms with van der Waals surface area (Å²) in [5.41, 5.74) is 2.33. The molecule has 31 heavy (non-hydrogen) atoms. The Kier molecular flexibility index (Phi) is 5.46. The molecule has 0 atom stereocenters. The summed E-state index contributed by atoms with van der Waals surface area (Å²) in [5, 5.41) is 0.903. The molecule has 5 rings (SSSR count). The number of aromatic nitrogens is 1. The van der Waals surface area contributed by atoms with Gasteiger partial charge in [-0.1, -0.05) is 24.6 Å². The molecule has 2 fully saturated rings. The number of rotatable bonds is 4. The third-order valence-corrected chi connectivity index (χ3v) is 7.20. The number of carbonyl (C=O) groups is 1. The van der Waals surface area contributed by atoms with Gasteiger partial charge in [0, 0.05) is 61.9 Å². The average molecular weight is 435 g/mol. The lowest BCUT2D eigenvalue weighted by atomic mass is 9.91. The summed E-state index contributed by atoms with van der Waals surface area (Å²) in [6.45, 7) is 3.73. The van der Waals surface area contributed by atoms with Crippen molar-refractivity contribution in [3.05, 3.63) is 35.5 Å². The van der Waals surface area contributed by atoms with Crippen molar-refractivity contribution in [2.24, 2.45) is 0 Å².